The first kappa shape index (κ1) is 16.6. The molecule has 0 unspecified atom stereocenters. The third-order valence-electron chi connectivity index (χ3n) is 4.22. The molecule has 24 heavy (non-hydrogen) atoms. The summed E-state index contributed by atoms with van der Waals surface area (Å²) in [6.07, 6.45) is 2.98. The predicted molar refractivity (Wildman–Crippen MR) is 88.6 cm³/mol. The molecule has 1 atom stereocenters. The molecule has 1 N–H and O–H groups in total. The van der Waals surface area contributed by atoms with E-state index in [4.69, 9.17) is 20.8 Å². The van der Waals surface area contributed by atoms with Gasteiger partial charge in [0.25, 0.3) is 5.91 Å². The van der Waals surface area contributed by atoms with Crippen LogP contribution in [0.2, 0.25) is 5.02 Å². The number of ether oxygens (including phenoxy) is 1. The Morgan fingerprint density at radius 2 is 2.00 bits per heavy atom. The molecule has 1 aliphatic rings. The second kappa shape index (κ2) is 6.69. The highest BCUT2D eigenvalue weighted by Gasteiger charge is 2.52. The number of hydrogen-bond acceptors (Lipinski definition) is 4. The SMILES string of the molecule is C[C@H](NC(=O)COC(=O)C1(c2ccc(Cl)cc2)CC1)c1ccco1. The standard InChI is InChI=1S/C18H18ClNO4/c1-12(15-3-2-10-23-15)20-16(21)11-24-17(22)18(8-9-18)13-4-6-14(19)7-5-13/h2-7,10,12H,8-9,11H2,1H3,(H,20,21)/t12-/m0/s1. The summed E-state index contributed by atoms with van der Waals surface area (Å²) >= 11 is 5.88. The van der Waals surface area contributed by atoms with Gasteiger partial charge in [-0.05, 0) is 49.6 Å². The van der Waals surface area contributed by atoms with Crippen molar-refractivity contribution in [2.24, 2.45) is 0 Å². The van der Waals surface area contributed by atoms with E-state index in [1.54, 1.807) is 37.5 Å². The van der Waals surface area contributed by atoms with E-state index in [1.807, 2.05) is 12.1 Å². The molecule has 0 aliphatic heterocycles. The summed E-state index contributed by atoms with van der Waals surface area (Å²) in [7, 11) is 0. The first-order valence-electron chi connectivity index (χ1n) is 7.77. The van der Waals surface area contributed by atoms with E-state index in [1.165, 1.54) is 0 Å². The van der Waals surface area contributed by atoms with Crippen LogP contribution < -0.4 is 5.32 Å². The third kappa shape index (κ3) is 3.46. The fraction of sp³-hybridized carbons (Fsp3) is 0.333. The third-order valence-corrected chi connectivity index (χ3v) is 4.47. The number of carbonyl (C=O) groups is 2. The van der Waals surface area contributed by atoms with E-state index in [2.05, 4.69) is 5.32 Å². The van der Waals surface area contributed by atoms with Gasteiger partial charge in [0.1, 0.15) is 5.76 Å². The molecule has 1 aliphatic carbocycles. The summed E-state index contributed by atoms with van der Waals surface area (Å²) in [4.78, 5) is 24.3. The number of halogens is 1. The maximum atomic E-state index is 12.4. The largest absolute Gasteiger partial charge is 0.467 e. The normalized spacial score (nSPS) is 16.2. The van der Waals surface area contributed by atoms with Crippen molar-refractivity contribution in [2.45, 2.75) is 31.2 Å². The molecular weight excluding hydrogens is 330 g/mol. The smallest absolute Gasteiger partial charge is 0.317 e. The summed E-state index contributed by atoms with van der Waals surface area (Å²) in [5, 5.41) is 3.35. The van der Waals surface area contributed by atoms with Gasteiger partial charge in [-0.15, -0.1) is 0 Å². The van der Waals surface area contributed by atoms with Gasteiger partial charge in [0, 0.05) is 5.02 Å². The van der Waals surface area contributed by atoms with Crippen LogP contribution in [0.15, 0.2) is 47.1 Å². The topological polar surface area (TPSA) is 68.5 Å². The van der Waals surface area contributed by atoms with E-state index in [9.17, 15) is 9.59 Å². The van der Waals surface area contributed by atoms with Crippen LogP contribution in [0.4, 0.5) is 0 Å². The zero-order valence-corrected chi connectivity index (χ0v) is 14.0. The van der Waals surface area contributed by atoms with E-state index < -0.39 is 5.41 Å². The fourth-order valence-electron chi connectivity index (χ4n) is 2.67. The van der Waals surface area contributed by atoms with Crippen LogP contribution in [-0.2, 0) is 19.7 Å². The molecule has 0 spiro atoms. The average Bonchev–Trinajstić information content (AvgIpc) is 3.19. The van der Waals surface area contributed by atoms with Crippen LogP contribution in [-0.4, -0.2) is 18.5 Å². The van der Waals surface area contributed by atoms with E-state index in [0.717, 1.165) is 18.4 Å². The summed E-state index contributed by atoms with van der Waals surface area (Å²) in [6.45, 7) is 1.49. The Labute approximate surface area is 144 Å². The minimum atomic E-state index is -0.627. The van der Waals surface area contributed by atoms with Crippen molar-refractivity contribution in [3.05, 3.63) is 59.0 Å². The first-order valence-corrected chi connectivity index (χ1v) is 8.15. The van der Waals surface area contributed by atoms with E-state index in [-0.39, 0.29) is 24.5 Å². The Morgan fingerprint density at radius 1 is 1.29 bits per heavy atom. The molecule has 0 radical (unpaired) electrons. The molecule has 1 aromatic carbocycles. The van der Waals surface area contributed by atoms with Crippen molar-refractivity contribution in [2.75, 3.05) is 6.61 Å². The van der Waals surface area contributed by atoms with Crippen LogP contribution in [0.1, 0.15) is 37.1 Å². The average molecular weight is 348 g/mol. The zero-order valence-electron chi connectivity index (χ0n) is 13.3. The van der Waals surface area contributed by atoms with Crippen LogP contribution >= 0.6 is 11.6 Å². The Kier molecular flexibility index (Phi) is 4.62. The van der Waals surface area contributed by atoms with Gasteiger partial charge in [0.2, 0.25) is 0 Å². The first-order chi connectivity index (χ1) is 11.5. The Balaban J connectivity index is 1.53. The molecule has 1 heterocycles. The lowest BCUT2D eigenvalue weighted by Gasteiger charge is -2.16. The summed E-state index contributed by atoms with van der Waals surface area (Å²) in [6, 6.07) is 10.4. The van der Waals surface area contributed by atoms with Crippen LogP contribution in [0.5, 0.6) is 0 Å². The highest BCUT2D eigenvalue weighted by atomic mass is 35.5. The van der Waals surface area contributed by atoms with Crippen molar-refractivity contribution in [3.8, 4) is 0 Å². The number of benzene rings is 1. The molecule has 5 nitrogen and oxygen atoms in total. The number of amides is 1. The monoisotopic (exact) mass is 347 g/mol. The predicted octanol–water partition coefficient (Wildman–Crippen LogP) is 3.39. The molecule has 1 amide bonds. The molecule has 1 saturated carbocycles. The van der Waals surface area contributed by atoms with Crippen molar-refractivity contribution in [1.82, 2.24) is 5.32 Å². The van der Waals surface area contributed by atoms with Crippen molar-refractivity contribution < 1.29 is 18.7 Å². The lowest BCUT2D eigenvalue weighted by atomic mass is 9.96. The Bertz CT molecular complexity index is 720. The maximum Gasteiger partial charge on any atom is 0.317 e. The number of hydrogen-bond donors (Lipinski definition) is 1. The van der Waals surface area contributed by atoms with Gasteiger partial charge in [-0.2, -0.15) is 0 Å². The lowest BCUT2D eigenvalue weighted by Crippen LogP contribution is -2.33. The molecule has 6 heteroatoms. The number of nitrogens with one attached hydrogen (secondary N) is 1. The minimum absolute atomic E-state index is 0.280. The Morgan fingerprint density at radius 3 is 2.58 bits per heavy atom. The maximum absolute atomic E-state index is 12.4. The van der Waals surface area contributed by atoms with Crippen molar-refractivity contribution in [1.29, 1.82) is 0 Å². The summed E-state index contributed by atoms with van der Waals surface area (Å²) < 4.78 is 10.4. The van der Waals surface area contributed by atoms with Gasteiger partial charge in [-0.25, -0.2) is 0 Å². The van der Waals surface area contributed by atoms with Gasteiger partial charge in [0.05, 0.1) is 17.7 Å². The number of furan rings is 1. The fourth-order valence-corrected chi connectivity index (χ4v) is 2.79. The second-order valence-electron chi connectivity index (χ2n) is 5.97. The Hall–Kier alpha value is -2.27. The summed E-state index contributed by atoms with van der Waals surface area (Å²) in [5.74, 6) is -0.0840. The molecule has 2 aromatic rings. The van der Waals surface area contributed by atoms with Crippen LogP contribution in [0, 0.1) is 0 Å². The van der Waals surface area contributed by atoms with Gasteiger partial charge >= 0.3 is 5.97 Å². The zero-order chi connectivity index (χ0) is 17.2. The van der Waals surface area contributed by atoms with Crippen LogP contribution in [0.25, 0.3) is 0 Å². The summed E-state index contributed by atoms with van der Waals surface area (Å²) in [5.41, 5.74) is 0.249. The molecule has 0 saturated heterocycles. The molecule has 126 valence electrons. The van der Waals surface area contributed by atoms with Gasteiger partial charge in [-0.3, -0.25) is 9.59 Å². The van der Waals surface area contributed by atoms with E-state index in [0.29, 0.717) is 10.8 Å². The second-order valence-corrected chi connectivity index (χ2v) is 6.41. The molecule has 0 bridgehead atoms. The molecule has 1 fully saturated rings. The highest BCUT2D eigenvalue weighted by Crippen LogP contribution is 2.49. The molecular formula is C18H18ClNO4. The van der Waals surface area contributed by atoms with Crippen molar-refractivity contribution in [3.63, 3.8) is 0 Å². The lowest BCUT2D eigenvalue weighted by molar-refractivity contribution is -0.151. The number of carbonyl (C=O) groups excluding carboxylic acids is 2. The van der Waals surface area contributed by atoms with Crippen molar-refractivity contribution >= 4 is 23.5 Å². The van der Waals surface area contributed by atoms with Gasteiger partial charge in [-0.1, -0.05) is 23.7 Å². The molecule has 3 rings (SSSR count). The number of esters is 1. The quantitative estimate of drug-likeness (QED) is 0.813. The van der Waals surface area contributed by atoms with Gasteiger partial charge in [0.15, 0.2) is 6.61 Å². The molecule has 1 aromatic heterocycles. The minimum Gasteiger partial charge on any atom is -0.467 e. The van der Waals surface area contributed by atoms with E-state index >= 15 is 0 Å². The van der Waals surface area contributed by atoms with Gasteiger partial charge < -0.3 is 14.5 Å². The van der Waals surface area contributed by atoms with Crippen LogP contribution in [0.3, 0.4) is 0 Å². The highest BCUT2D eigenvalue weighted by molar-refractivity contribution is 6.30. The number of rotatable bonds is 6.